The van der Waals surface area contributed by atoms with Gasteiger partial charge in [-0.1, -0.05) is 6.07 Å². The van der Waals surface area contributed by atoms with Gasteiger partial charge in [-0.25, -0.2) is 0 Å². The van der Waals surface area contributed by atoms with E-state index in [0.717, 1.165) is 18.2 Å². The highest BCUT2D eigenvalue weighted by molar-refractivity contribution is 7.86. The van der Waals surface area contributed by atoms with Crippen molar-refractivity contribution in [2.24, 2.45) is 0 Å². The maximum atomic E-state index is 12.3. The number of nitro benzene ring substituents is 1. The van der Waals surface area contributed by atoms with Crippen molar-refractivity contribution in [2.75, 3.05) is 5.32 Å². The fraction of sp³-hybridized carbons (Fsp3) is 0. The summed E-state index contributed by atoms with van der Waals surface area (Å²) in [6.07, 6.45) is 0. The van der Waals surface area contributed by atoms with Crippen molar-refractivity contribution in [1.29, 1.82) is 0 Å². The average Bonchev–Trinajstić information content (AvgIpc) is 2.61. The zero-order chi connectivity index (χ0) is 19.8. The Labute approximate surface area is 152 Å². The predicted molar refractivity (Wildman–Crippen MR) is 96.5 cm³/mol. The smallest absolute Gasteiger partial charge is 0.295 e. The zero-order valence-corrected chi connectivity index (χ0v) is 14.3. The Hall–Kier alpha value is -3.50. The molecule has 3 aromatic rings. The molecule has 27 heavy (non-hydrogen) atoms. The van der Waals surface area contributed by atoms with E-state index >= 15 is 0 Å². The molecule has 0 fully saturated rings. The van der Waals surface area contributed by atoms with Crippen molar-refractivity contribution >= 4 is 38.2 Å². The number of hydrogen-bond donors (Lipinski definition) is 3. The van der Waals surface area contributed by atoms with Crippen molar-refractivity contribution in [2.45, 2.75) is 4.90 Å². The lowest BCUT2D eigenvalue weighted by Gasteiger charge is -2.10. The molecule has 0 aliphatic heterocycles. The van der Waals surface area contributed by atoms with Crippen LogP contribution < -0.4 is 5.32 Å². The van der Waals surface area contributed by atoms with E-state index in [4.69, 9.17) is 0 Å². The molecule has 0 heterocycles. The van der Waals surface area contributed by atoms with Gasteiger partial charge in [-0.15, -0.1) is 0 Å². The molecule has 0 radical (unpaired) electrons. The quantitative estimate of drug-likeness (QED) is 0.354. The first-order valence-electron chi connectivity index (χ1n) is 7.46. The molecule has 0 saturated carbocycles. The highest BCUT2D eigenvalue weighted by Gasteiger charge is 2.17. The minimum Gasteiger partial charge on any atom is -0.507 e. The lowest BCUT2D eigenvalue weighted by molar-refractivity contribution is -0.384. The van der Waals surface area contributed by atoms with Crippen LogP contribution in [0, 0.1) is 10.1 Å². The molecule has 0 aliphatic carbocycles. The molecular formula is C17H12N2O7S. The van der Waals surface area contributed by atoms with E-state index in [0.29, 0.717) is 0 Å². The number of amides is 1. The third-order valence-corrected chi connectivity index (χ3v) is 4.72. The Morgan fingerprint density at radius 3 is 2.44 bits per heavy atom. The summed E-state index contributed by atoms with van der Waals surface area (Å²) in [6, 6.07) is 11.3. The fourth-order valence-electron chi connectivity index (χ4n) is 2.57. The number of anilines is 1. The second-order valence-corrected chi connectivity index (χ2v) is 6.97. The van der Waals surface area contributed by atoms with Crippen LogP contribution in [-0.4, -0.2) is 28.9 Å². The van der Waals surface area contributed by atoms with Gasteiger partial charge in [-0.2, -0.15) is 8.42 Å². The number of benzene rings is 3. The van der Waals surface area contributed by atoms with Crippen LogP contribution in [0.3, 0.4) is 0 Å². The van der Waals surface area contributed by atoms with Crippen molar-refractivity contribution in [3.05, 3.63) is 70.3 Å². The summed E-state index contributed by atoms with van der Waals surface area (Å²) in [5.41, 5.74) is -0.0375. The van der Waals surface area contributed by atoms with Crippen molar-refractivity contribution < 1.29 is 27.8 Å². The summed E-state index contributed by atoms with van der Waals surface area (Å²) in [4.78, 5) is 22.1. The lowest BCUT2D eigenvalue weighted by Crippen LogP contribution is -2.12. The summed E-state index contributed by atoms with van der Waals surface area (Å²) in [5.74, 6) is -0.847. The number of non-ortho nitro benzene ring substituents is 1. The lowest BCUT2D eigenvalue weighted by atomic mass is 10.1. The van der Waals surface area contributed by atoms with Crippen molar-refractivity contribution in [1.82, 2.24) is 0 Å². The van der Waals surface area contributed by atoms with Gasteiger partial charge in [0.15, 0.2) is 0 Å². The Balaban J connectivity index is 2.02. The van der Waals surface area contributed by atoms with Crippen LogP contribution in [0.1, 0.15) is 10.4 Å². The highest BCUT2D eigenvalue weighted by atomic mass is 32.2. The third kappa shape index (κ3) is 3.71. The molecule has 1 amide bonds. The number of carbonyl (C=O) groups is 1. The molecule has 3 N–H and O–H groups in total. The standard InChI is InChI=1S/C17H12N2O7S/c20-15-6-7-16(27(24,25)26)14-9-11(4-5-13(14)15)18-17(21)10-2-1-3-12(8-10)19(22)23/h1-9,20H,(H,18,21)(H,24,25,26). The van der Waals surface area contributed by atoms with Crippen LogP contribution in [0.5, 0.6) is 5.75 Å². The number of nitro groups is 1. The Morgan fingerprint density at radius 1 is 1.04 bits per heavy atom. The third-order valence-electron chi connectivity index (χ3n) is 3.81. The van der Waals surface area contributed by atoms with Crippen LogP contribution in [0.15, 0.2) is 59.5 Å². The minimum absolute atomic E-state index is 0.00865. The molecular weight excluding hydrogens is 376 g/mol. The van der Waals surface area contributed by atoms with Crippen LogP contribution in [0.25, 0.3) is 10.8 Å². The number of aromatic hydroxyl groups is 1. The summed E-state index contributed by atoms with van der Waals surface area (Å²) in [7, 11) is -4.56. The molecule has 0 atom stereocenters. The maximum absolute atomic E-state index is 12.3. The van der Waals surface area contributed by atoms with Crippen LogP contribution in [-0.2, 0) is 10.1 Å². The molecule has 3 rings (SSSR count). The Morgan fingerprint density at radius 2 is 1.78 bits per heavy atom. The van der Waals surface area contributed by atoms with Gasteiger partial charge < -0.3 is 10.4 Å². The monoisotopic (exact) mass is 388 g/mol. The first-order chi connectivity index (χ1) is 12.7. The van der Waals surface area contributed by atoms with E-state index in [-0.39, 0.29) is 33.5 Å². The van der Waals surface area contributed by atoms with Gasteiger partial charge in [-0.05, 0) is 36.4 Å². The summed E-state index contributed by atoms with van der Waals surface area (Å²) in [6.45, 7) is 0. The first kappa shape index (κ1) is 18.3. The summed E-state index contributed by atoms with van der Waals surface area (Å²) in [5, 5.41) is 23.3. The van der Waals surface area contributed by atoms with Crippen LogP contribution in [0.4, 0.5) is 11.4 Å². The van der Waals surface area contributed by atoms with E-state index in [9.17, 15) is 33.0 Å². The van der Waals surface area contributed by atoms with Gasteiger partial charge >= 0.3 is 0 Å². The van der Waals surface area contributed by atoms with Gasteiger partial charge in [-0.3, -0.25) is 19.5 Å². The number of nitrogens with one attached hydrogen (secondary N) is 1. The molecule has 138 valence electrons. The van der Waals surface area contributed by atoms with E-state index in [2.05, 4.69) is 5.32 Å². The second kappa shape index (κ2) is 6.67. The minimum atomic E-state index is -4.56. The maximum Gasteiger partial charge on any atom is 0.295 e. The van der Waals surface area contributed by atoms with Gasteiger partial charge in [0.25, 0.3) is 21.7 Å². The Bertz CT molecular complexity index is 1190. The van der Waals surface area contributed by atoms with Gasteiger partial charge in [0.2, 0.25) is 0 Å². The van der Waals surface area contributed by atoms with Crippen LogP contribution in [0.2, 0.25) is 0 Å². The topological polar surface area (TPSA) is 147 Å². The van der Waals surface area contributed by atoms with Gasteiger partial charge in [0.05, 0.1) is 4.92 Å². The number of nitrogens with zero attached hydrogens (tertiary/aromatic N) is 1. The molecule has 0 aliphatic rings. The summed E-state index contributed by atoms with van der Waals surface area (Å²) < 4.78 is 32.4. The average molecular weight is 388 g/mol. The second-order valence-electron chi connectivity index (χ2n) is 5.58. The number of carbonyl (C=O) groups excluding carboxylic acids is 1. The fourth-order valence-corrected chi connectivity index (χ4v) is 3.26. The van der Waals surface area contributed by atoms with E-state index in [1.807, 2.05) is 0 Å². The normalized spacial score (nSPS) is 11.3. The van der Waals surface area contributed by atoms with E-state index < -0.39 is 25.8 Å². The molecule has 10 heteroatoms. The molecule has 0 unspecified atom stereocenters. The zero-order valence-electron chi connectivity index (χ0n) is 13.5. The number of rotatable bonds is 4. The molecule has 0 aromatic heterocycles. The number of hydrogen-bond acceptors (Lipinski definition) is 6. The molecule has 0 spiro atoms. The molecule has 9 nitrogen and oxygen atoms in total. The van der Waals surface area contributed by atoms with Gasteiger partial charge in [0.1, 0.15) is 10.6 Å². The van der Waals surface area contributed by atoms with Crippen LogP contribution >= 0.6 is 0 Å². The number of fused-ring (bicyclic) bond motifs is 1. The molecule has 3 aromatic carbocycles. The largest absolute Gasteiger partial charge is 0.507 e. The van der Waals surface area contributed by atoms with E-state index in [1.165, 1.54) is 36.4 Å². The number of phenols is 1. The summed E-state index contributed by atoms with van der Waals surface area (Å²) >= 11 is 0. The predicted octanol–water partition coefficient (Wildman–Crippen LogP) is 2.95. The SMILES string of the molecule is O=C(Nc1ccc2c(O)ccc(S(=O)(=O)O)c2c1)c1cccc([N+](=O)[O-])c1. The highest BCUT2D eigenvalue weighted by Crippen LogP contribution is 2.32. The van der Waals surface area contributed by atoms with Crippen molar-refractivity contribution in [3.8, 4) is 5.75 Å². The molecule has 0 saturated heterocycles. The van der Waals surface area contributed by atoms with Crippen molar-refractivity contribution in [3.63, 3.8) is 0 Å². The Kier molecular flexibility index (Phi) is 4.52. The number of phenolic OH excluding ortho intramolecular Hbond substituents is 1. The molecule has 0 bridgehead atoms. The van der Waals surface area contributed by atoms with E-state index in [1.54, 1.807) is 0 Å². The first-order valence-corrected chi connectivity index (χ1v) is 8.90. The van der Waals surface area contributed by atoms with Gasteiger partial charge in [0, 0.05) is 34.2 Å².